The number of piperidine rings is 1. The second kappa shape index (κ2) is 8.72. The zero-order valence-electron chi connectivity index (χ0n) is 20.2. The monoisotopic (exact) mass is 518 g/mol. The van der Waals surface area contributed by atoms with Crippen LogP contribution < -0.4 is 5.73 Å². The second-order valence-corrected chi connectivity index (χ2v) is 11.1. The van der Waals surface area contributed by atoms with Gasteiger partial charge in [-0.25, -0.2) is 4.98 Å². The third-order valence-electron chi connectivity index (χ3n) is 7.53. The Morgan fingerprint density at radius 2 is 1.73 bits per heavy atom. The summed E-state index contributed by atoms with van der Waals surface area (Å²) in [5.74, 6) is -0.197. The Morgan fingerprint density at radius 1 is 1.03 bits per heavy atom. The van der Waals surface area contributed by atoms with Gasteiger partial charge in [-0.3, -0.25) is 14.3 Å². The Bertz CT molecular complexity index is 1600. The van der Waals surface area contributed by atoms with E-state index >= 15 is 0 Å². The van der Waals surface area contributed by atoms with Crippen molar-refractivity contribution in [3.8, 4) is 22.4 Å². The van der Waals surface area contributed by atoms with Gasteiger partial charge in [0.1, 0.15) is 5.82 Å². The van der Waals surface area contributed by atoms with E-state index in [1.807, 2.05) is 42.5 Å². The third kappa shape index (κ3) is 3.99. The minimum atomic E-state index is -4.29. The van der Waals surface area contributed by atoms with E-state index in [0.717, 1.165) is 22.4 Å². The highest BCUT2D eigenvalue weighted by atomic mass is 32.2. The van der Waals surface area contributed by atoms with Crippen molar-refractivity contribution in [2.45, 2.75) is 50.6 Å². The summed E-state index contributed by atoms with van der Waals surface area (Å²) in [7, 11) is -4.29. The number of benzene rings is 1. The molecule has 2 aliphatic heterocycles. The number of carbonyl (C=O) groups is 1. The van der Waals surface area contributed by atoms with Crippen LogP contribution in [0.25, 0.3) is 28.0 Å². The van der Waals surface area contributed by atoms with Gasteiger partial charge >= 0.3 is 10.3 Å². The maximum atomic E-state index is 12.7. The van der Waals surface area contributed by atoms with Crippen LogP contribution in [-0.2, 0) is 10.3 Å². The van der Waals surface area contributed by atoms with Crippen LogP contribution in [0.5, 0.6) is 0 Å². The number of pyridine rings is 1. The Labute approximate surface area is 214 Å². The van der Waals surface area contributed by atoms with Crippen LogP contribution in [0, 0.1) is 0 Å². The van der Waals surface area contributed by atoms with Crippen molar-refractivity contribution in [2.24, 2.45) is 0 Å². The van der Waals surface area contributed by atoms with Crippen molar-refractivity contribution in [3.05, 3.63) is 66.1 Å². The highest BCUT2D eigenvalue weighted by Gasteiger charge is 2.47. The first kappa shape index (κ1) is 23.7. The number of rotatable bonds is 5. The number of carbonyl (C=O) groups excluding carboxylic acids is 1. The Kier molecular flexibility index (Phi) is 5.59. The van der Waals surface area contributed by atoms with Crippen molar-refractivity contribution in [2.75, 3.05) is 5.73 Å². The van der Waals surface area contributed by atoms with Crippen LogP contribution >= 0.6 is 0 Å². The molecule has 5 heterocycles. The zero-order chi connectivity index (χ0) is 25.9. The van der Waals surface area contributed by atoms with E-state index in [1.54, 1.807) is 12.4 Å². The molecule has 0 saturated carbocycles. The Balaban J connectivity index is 1.43. The van der Waals surface area contributed by atoms with Crippen molar-refractivity contribution >= 4 is 27.6 Å². The highest BCUT2D eigenvalue weighted by molar-refractivity contribution is 7.83. The molecule has 1 aromatic carbocycles. The van der Waals surface area contributed by atoms with Crippen LogP contribution in [0.2, 0.25) is 0 Å². The van der Waals surface area contributed by atoms with E-state index in [-0.39, 0.29) is 29.6 Å². The van der Waals surface area contributed by atoms with Gasteiger partial charge in [-0.05, 0) is 38.7 Å². The van der Waals surface area contributed by atoms with Crippen molar-refractivity contribution < 1.29 is 17.8 Å². The van der Waals surface area contributed by atoms with Crippen molar-refractivity contribution in [1.29, 1.82) is 0 Å². The first-order valence-electron chi connectivity index (χ1n) is 12.2. The molecular weight excluding hydrogens is 492 g/mol. The predicted octanol–water partition coefficient (Wildman–Crippen LogP) is 3.76. The molecule has 2 unspecified atom stereocenters. The number of anilines is 1. The minimum absolute atomic E-state index is 0.178. The Hall–Kier alpha value is -3.67. The summed E-state index contributed by atoms with van der Waals surface area (Å²) in [6.45, 7) is 1.45. The second-order valence-electron chi connectivity index (χ2n) is 9.77. The largest absolute Gasteiger partial charge is 0.383 e. The summed E-state index contributed by atoms with van der Waals surface area (Å²) in [6, 6.07) is 13.1. The molecule has 2 aliphatic rings. The molecule has 190 valence electrons. The molecule has 0 radical (unpaired) electrons. The number of hydrogen-bond donors (Lipinski definition) is 2. The average molecular weight is 519 g/mol. The van der Waals surface area contributed by atoms with Crippen molar-refractivity contribution in [1.82, 2.24) is 23.9 Å². The van der Waals surface area contributed by atoms with E-state index in [9.17, 15) is 17.8 Å². The molecule has 3 N–H and O–H groups in total. The van der Waals surface area contributed by atoms with Gasteiger partial charge in [0.2, 0.25) is 0 Å². The summed E-state index contributed by atoms with van der Waals surface area (Å²) in [4.78, 5) is 22.2. The van der Waals surface area contributed by atoms with E-state index < -0.39 is 10.3 Å². The highest BCUT2D eigenvalue weighted by Crippen LogP contribution is 2.45. The predicted molar refractivity (Wildman–Crippen MR) is 138 cm³/mol. The van der Waals surface area contributed by atoms with Crippen LogP contribution in [0.15, 0.2) is 54.9 Å². The molecule has 0 spiro atoms. The van der Waals surface area contributed by atoms with Crippen LogP contribution in [0.1, 0.15) is 54.6 Å². The summed E-state index contributed by atoms with van der Waals surface area (Å²) in [6.07, 6.45) is 5.65. The quantitative estimate of drug-likeness (QED) is 0.300. The summed E-state index contributed by atoms with van der Waals surface area (Å²) < 4.78 is 36.3. The molecular formula is C26H26N6O4S. The number of nitrogen functional groups attached to an aromatic ring is 1. The third-order valence-corrected chi connectivity index (χ3v) is 8.66. The Morgan fingerprint density at radius 3 is 2.32 bits per heavy atom. The minimum Gasteiger partial charge on any atom is -0.383 e. The number of fused-ring (bicyclic) bond motifs is 3. The topological polar surface area (TPSA) is 144 Å². The fourth-order valence-corrected chi connectivity index (χ4v) is 7.10. The first-order valence-corrected chi connectivity index (χ1v) is 13.6. The standard InChI is InChI=1S/C26H26N6O4S/c1-15(33)23-24(18-11-19-8-9-20(12-18)32(19)37(34,35)36)30-26-21(14-29-31(26)25(23)27)17-7-10-22(28-13-17)16-5-3-2-4-6-16/h2-7,10,13-14,18-20H,8-9,11-12,27H2,1H3,(H,34,35,36)/t18?,19-,20?/m0/s1. The van der Waals surface area contributed by atoms with Gasteiger partial charge in [0, 0.05) is 40.9 Å². The normalized spacial score (nSPS) is 21.9. The van der Waals surface area contributed by atoms with Crippen molar-refractivity contribution in [3.63, 3.8) is 0 Å². The lowest BCUT2D eigenvalue weighted by Crippen LogP contribution is -2.45. The molecule has 37 heavy (non-hydrogen) atoms. The van der Waals surface area contributed by atoms with E-state index in [0.29, 0.717) is 42.6 Å². The summed E-state index contributed by atoms with van der Waals surface area (Å²) in [5.41, 5.74) is 11.2. The van der Waals surface area contributed by atoms with Gasteiger partial charge < -0.3 is 5.73 Å². The lowest BCUT2D eigenvalue weighted by atomic mass is 9.86. The number of ketones is 1. The molecule has 2 fully saturated rings. The molecule has 0 aliphatic carbocycles. The molecule has 10 nitrogen and oxygen atoms in total. The molecule has 6 rings (SSSR count). The fraction of sp³-hybridized carbons (Fsp3) is 0.308. The SMILES string of the molecule is CC(=O)c1c(C2CC3CC[C@@H](C2)N3S(=O)(=O)O)nc2c(-c3ccc(-c4ccccc4)nc3)cnn2c1N. The fourth-order valence-electron chi connectivity index (χ4n) is 5.96. The number of nitrogens with zero attached hydrogens (tertiary/aromatic N) is 5. The first-order chi connectivity index (χ1) is 17.7. The lowest BCUT2D eigenvalue weighted by Gasteiger charge is -2.36. The lowest BCUT2D eigenvalue weighted by molar-refractivity contribution is 0.101. The molecule has 2 saturated heterocycles. The van der Waals surface area contributed by atoms with Gasteiger partial charge in [0.25, 0.3) is 0 Å². The van der Waals surface area contributed by atoms with Gasteiger partial charge in [-0.15, -0.1) is 0 Å². The van der Waals surface area contributed by atoms with E-state index in [1.165, 1.54) is 15.7 Å². The molecule has 3 aromatic heterocycles. The number of nitrogens with two attached hydrogens (primary N) is 1. The van der Waals surface area contributed by atoms with Gasteiger partial charge in [0.15, 0.2) is 11.4 Å². The van der Waals surface area contributed by atoms with Crippen LogP contribution in [0.3, 0.4) is 0 Å². The molecule has 2 bridgehead atoms. The summed E-state index contributed by atoms with van der Waals surface area (Å²) >= 11 is 0. The molecule has 0 amide bonds. The maximum absolute atomic E-state index is 12.7. The van der Waals surface area contributed by atoms with Gasteiger partial charge in [0.05, 0.1) is 23.1 Å². The van der Waals surface area contributed by atoms with Crippen LogP contribution in [-0.4, -0.2) is 54.7 Å². The molecule has 3 atom stereocenters. The zero-order valence-corrected chi connectivity index (χ0v) is 21.0. The number of hydrogen-bond acceptors (Lipinski definition) is 7. The van der Waals surface area contributed by atoms with Gasteiger partial charge in [-0.2, -0.15) is 22.3 Å². The number of aromatic nitrogens is 4. The van der Waals surface area contributed by atoms with Gasteiger partial charge in [-0.1, -0.05) is 36.4 Å². The van der Waals surface area contributed by atoms with E-state index in [4.69, 9.17) is 10.7 Å². The molecule has 11 heteroatoms. The maximum Gasteiger partial charge on any atom is 0.336 e. The van der Waals surface area contributed by atoms with E-state index in [2.05, 4.69) is 10.1 Å². The van der Waals surface area contributed by atoms with Crippen LogP contribution in [0.4, 0.5) is 5.82 Å². The smallest absolute Gasteiger partial charge is 0.336 e. The molecule has 4 aromatic rings. The summed E-state index contributed by atoms with van der Waals surface area (Å²) in [5, 5.41) is 4.42. The average Bonchev–Trinajstić information content (AvgIpc) is 3.43. The number of Topliss-reactive ketones (excluding diaryl/α,β-unsaturated/α-hetero) is 1.